The molecule has 0 N–H and O–H groups in total. The number of hydrogen-bond acceptors (Lipinski definition) is 3. The maximum Gasteiger partial charge on any atom is 0.150 e. The maximum absolute atomic E-state index is 10.5. The predicted octanol–water partition coefficient (Wildman–Crippen LogP) is 2.15. The molecule has 1 aromatic carbocycles. The van der Waals surface area contributed by atoms with Crippen molar-refractivity contribution in [3.8, 4) is 0 Å². The lowest BCUT2D eigenvalue weighted by Crippen LogP contribution is -2.44. The Morgan fingerprint density at radius 2 is 1.68 bits per heavy atom. The van der Waals surface area contributed by atoms with Crippen LogP contribution < -0.4 is 0 Å². The van der Waals surface area contributed by atoms with E-state index in [4.69, 9.17) is 0 Å². The Hall–Kier alpha value is -1.45. The lowest BCUT2D eigenvalue weighted by atomic mass is 10.1. The topological polar surface area (TPSA) is 23.6 Å². The number of carbonyl (C=O) groups excluding carboxylic acids is 1. The van der Waals surface area contributed by atoms with Gasteiger partial charge in [-0.1, -0.05) is 36.4 Å². The van der Waals surface area contributed by atoms with Crippen LogP contribution in [0.1, 0.15) is 22.3 Å². The lowest BCUT2D eigenvalue weighted by Gasteiger charge is -2.31. The summed E-state index contributed by atoms with van der Waals surface area (Å²) >= 11 is 0. The second kappa shape index (κ2) is 7.22. The molecule has 19 heavy (non-hydrogen) atoms. The van der Waals surface area contributed by atoms with Crippen molar-refractivity contribution >= 4 is 12.4 Å². The Bertz CT molecular complexity index is 417. The maximum atomic E-state index is 10.5. The smallest absolute Gasteiger partial charge is 0.150 e. The van der Waals surface area contributed by atoms with Gasteiger partial charge in [0.2, 0.25) is 0 Å². The SMILES string of the molecule is CN1CCN(CCC=Cc2ccc(C=O)cc2)CC1. The summed E-state index contributed by atoms with van der Waals surface area (Å²) in [6, 6.07) is 7.67. The van der Waals surface area contributed by atoms with Gasteiger partial charge in [-0.15, -0.1) is 0 Å². The first kappa shape index (κ1) is 14.0. The number of nitrogens with zero attached hydrogens (tertiary/aromatic N) is 2. The van der Waals surface area contributed by atoms with Crippen LogP contribution in [-0.2, 0) is 0 Å². The van der Waals surface area contributed by atoms with Gasteiger partial charge in [0.1, 0.15) is 6.29 Å². The highest BCUT2D eigenvalue weighted by Crippen LogP contribution is 2.06. The zero-order valence-electron chi connectivity index (χ0n) is 11.6. The fourth-order valence-corrected chi connectivity index (χ4v) is 2.23. The Balaban J connectivity index is 1.72. The van der Waals surface area contributed by atoms with Gasteiger partial charge in [-0.05, 0) is 19.0 Å². The molecule has 2 rings (SSSR count). The molecule has 1 saturated heterocycles. The third-order valence-electron chi connectivity index (χ3n) is 3.59. The van der Waals surface area contributed by atoms with Gasteiger partial charge >= 0.3 is 0 Å². The summed E-state index contributed by atoms with van der Waals surface area (Å²) in [5.41, 5.74) is 1.89. The average molecular weight is 258 g/mol. The van der Waals surface area contributed by atoms with Crippen LogP contribution >= 0.6 is 0 Å². The molecule has 1 aliphatic rings. The first-order valence-corrected chi connectivity index (χ1v) is 6.90. The summed E-state index contributed by atoms with van der Waals surface area (Å²) < 4.78 is 0. The van der Waals surface area contributed by atoms with Crippen LogP contribution in [0.3, 0.4) is 0 Å². The minimum atomic E-state index is 0.731. The van der Waals surface area contributed by atoms with Crippen LogP contribution in [0.5, 0.6) is 0 Å². The molecule has 1 fully saturated rings. The van der Waals surface area contributed by atoms with Crippen molar-refractivity contribution in [3.63, 3.8) is 0 Å². The van der Waals surface area contributed by atoms with Crippen molar-refractivity contribution in [1.82, 2.24) is 9.80 Å². The van der Waals surface area contributed by atoms with E-state index in [1.54, 1.807) is 0 Å². The zero-order valence-corrected chi connectivity index (χ0v) is 11.6. The molecule has 1 aliphatic heterocycles. The third-order valence-corrected chi connectivity index (χ3v) is 3.59. The molecule has 0 saturated carbocycles. The van der Waals surface area contributed by atoms with Gasteiger partial charge in [-0.3, -0.25) is 4.79 Å². The highest BCUT2D eigenvalue weighted by molar-refractivity contribution is 5.75. The van der Waals surface area contributed by atoms with E-state index in [1.165, 1.54) is 26.2 Å². The van der Waals surface area contributed by atoms with E-state index >= 15 is 0 Å². The van der Waals surface area contributed by atoms with E-state index in [2.05, 4.69) is 29.0 Å². The molecule has 1 heterocycles. The van der Waals surface area contributed by atoms with Crippen molar-refractivity contribution < 1.29 is 4.79 Å². The van der Waals surface area contributed by atoms with Crippen LogP contribution in [0, 0.1) is 0 Å². The van der Waals surface area contributed by atoms with Gasteiger partial charge in [-0.2, -0.15) is 0 Å². The fourth-order valence-electron chi connectivity index (χ4n) is 2.23. The van der Waals surface area contributed by atoms with E-state index < -0.39 is 0 Å². The number of aldehydes is 1. The van der Waals surface area contributed by atoms with Gasteiger partial charge in [-0.25, -0.2) is 0 Å². The number of hydrogen-bond donors (Lipinski definition) is 0. The number of benzene rings is 1. The molecule has 0 radical (unpaired) electrons. The molecule has 0 atom stereocenters. The van der Waals surface area contributed by atoms with Gasteiger partial charge in [0, 0.05) is 38.3 Å². The quantitative estimate of drug-likeness (QED) is 0.756. The number of rotatable bonds is 5. The molecular weight excluding hydrogens is 236 g/mol. The normalized spacial score (nSPS) is 17.9. The minimum absolute atomic E-state index is 0.731. The van der Waals surface area contributed by atoms with E-state index in [9.17, 15) is 4.79 Å². The molecule has 0 bridgehead atoms. The first-order chi connectivity index (χ1) is 9.28. The summed E-state index contributed by atoms with van der Waals surface area (Å²) in [5.74, 6) is 0. The molecule has 0 aromatic heterocycles. The van der Waals surface area contributed by atoms with Gasteiger partial charge in [0.15, 0.2) is 0 Å². The highest BCUT2D eigenvalue weighted by atomic mass is 16.1. The Labute approximate surface area is 115 Å². The standard InChI is InChI=1S/C16H22N2O/c1-17-10-12-18(13-11-17)9-3-2-4-15-5-7-16(14-19)8-6-15/h2,4-8,14H,3,9-13H2,1H3. The third kappa shape index (κ3) is 4.62. The van der Waals surface area contributed by atoms with Crippen molar-refractivity contribution in [2.75, 3.05) is 39.8 Å². The van der Waals surface area contributed by atoms with Crippen LogP contribution in [-0.4, -0.2) is 55.9 Å². The second-order valence-electron chi connectivity index (χ2n) is 5.12. The minimum Gasteiger partial charge on any atom is -0.304 e. The monoisotopic (exact) mass is 258 g/mol. The molecule has 0 amide bonds. The first-order valence-electron chi connectivity index (χ1n) is 6.90. The van der Waals surface area contributed by atoms with Crippen molar-refractivity contribution in [1.29, 1.82) is 0 Å². The number of likely N-dealkylation sites (N-methyl/N-ethyl adjacent to an activating group) is 1. The van der Waals surface area contributed by atoms with Crippen molar-refractivity contribution in [2.24, 2.45) is 0 Å². The van der Waals surface area contributed by atoms with Crippen LogP contribution in [0.4, 0.5) is 0 Å². The molecule has 0 unspecified atom stereocenters. The number of piperazine rings is 1. The highest BCUT2D eigenvalue weighted by Gasteiger charge is 2.11. The van der Waals surface area contributed by atoms with E-state index in [0.717, 1.165) is 30.4 Å². The summed E-state index contributed by atoms with van der Waals surface area (Å²) in [4.78, 5) is 15.4. The zero-order chi connectivity index (χ0) is 13.5. The molecule has 3 nitrogen and oxygen atoms in total. The molecule has 0 spiro atoms. The average Bonchev–Trinajstić information content (AvgIpc) is 2.46. The molecule has 0 aliphatic carbocycles. The summed E-state index contributed by atoms with van der Waals surface area (Å²) in [5, 5.41) is 0. The van der Waals surface area contributed by atoms with Crippen LogP contribution in [0.25, 0.3) is 6.08 Å². The van der Waals surface area contributed by atoms with Gasteiger partial charge < -0.3 is 9.80 Å². The summed E-state index contributed by atoms with van der Waals surface area (Å²) in [6.07, 6.45) is 6.30. The second-order valence-corrected chi connectivity index (χ2v) is 5.12. The van der Waals surface area contributed by atoms with Gasteiger partial charge in [0.05, 0.1) is 0 Å². The van der Waals surface area contributed by atoms with Crippen LogP contribution in [0.2, 0.25) is 0 Å². The number of carbonyl (C=O) groups is 1. The van der Waals surface area contributed by atoms with E-state index in [1.807, 2.05) is 24.3 Å². The van der Waals surface area contributed by atoms with Gasteiger partial charge in [0.25, 0.3) is 0 Å². The molecule has 1 aromatic rings. The lowest BCUT2D eigenvalue weighted by molar-refractivity contribution is 0.112. The predicted molar refractivity (Wildman–Crippen MR) is 79.4 cm³/mol. The molecule has 3 heteroatoms. The Morgan fingerprint density at radius 1 is 1.05 bits per heavy atom. The Morgan fingerprint density at radius 3 is 2.32 bits per heavy atom. The fraction of sp³-hybridized carbons (Fsp3) is 0.438. The van der Waals surface area contributed by atoms with Crippen molar-refractivity contribution in [2.45, 2.75) is 6.42 Å². The van der Waals surface area contributed by atoms with E-state index in [0.29, 0.717) is 0 Å². The van der Waals surface area contributed by atoms with Crippen LogP contribution in [0.15, 0.2) is 30.3 Å². The largest absolute Gasteiger partial charge is 0.304 e. The summed E-state index contributed by atoms with van der Waals surface area (Å²) in [7, 11) is 2.18. The summed E-state index contributed by atoms with van der Waals surface area (Å²) in [6.45, 7) is 5.85. The van der Waals surface area contributed by atoms with Crippen molar-refractivity contribution in [3.05, 3.63) is 41.5 Å². The molecule has 102 valence electrons. The molecular formula is C16H22N2O. The van der Waals surface area contributed by atoms with E-state index in [-0.39, 0.29) is 0 Å². The Kier molecular flexibility index (Phi) is 5.31.